The minimum atomic E-state index is -4.94. The first-order chi connectivity index (χ1) is 13.9. The molecular formula is C20H19F4N3O3. The number of fused-ring (bicyclic) bond motifs is 1. The Bertz CT molecular complexity index is 1190. The molecule has 0 spiro atoms. The first-order valence-electron chi connectivity index (χ1n) is 9.01. The number of aromatic hydroxyl groups is 1. The number of benzene rings is 1. The van der Waals surface area contributed by atoms with Crippen LogP contribution in [0.4, 0.5) is 17.6 Å². The summed E-state index contributed by atoms with van der Waals surface area (Å²) in [5, 5.41) is 12.4. The normalized spacial score (nSPS) is 12.0. The SMILES string of the molecule is Cc1c(-c2ccc(F)c(C(F)(F)F)c2)n(CC(=O)NC(C)C)c(=O)c2cc(O)cn12. The Hall–Kier alpha value is -3.30. The maximum absolute atomic E-state index is 13.8. The van der Waals surface area contributed by atoms with Crippen LogP contribution >= 0.6 is 0 Å². The summed E-state index contributed by atoms with van der Waals surface area (Å²) >= 11 is 0. The van der Waals surface area contributed by atoms with Crippen molar-refractivity contribution in [1.29, 1.82) is 0 Å². The van der Waals surface area contributed by atoms with Gasteiger partial charge in [-0.2, -0.15) is 13.2 Å². The molecule has 0 aliphatic rings. The lowest BCUT2D eigenvalue weighted by Crippen LogP contribution is -2.37. The number of carbonyl (C=O) groups is 1. The zero-order valence-corrected chi connectivity index (χ0v) is 16.3. The van der Waals surface area contributed by atoms with Gasteiger partial charge in [-0.15, -0.1) is 0 Å². The van der Waals surface area contributed by atoms with E-state index >= 15 is 0 Å². The van der Waals surface area contributed by atoms with Gasteiger partial charge in [0.05, 0.1) is 17.5 Å². The summed E-state index contributed by atoms with van der Waals surface area (Å²) in [7, 11) is 0. The van der Waals surface area contributed by atoms with Crippen LogP contribution < -0.4 is 10.9 Å². The van der Waals surface area contributed by atoms with Gasteiger partial charge in [0.1, 0.15) is 23.6 Å². The molecule has 2 heterocycles. The van der Waals surface area contributed by atoms with Gasteiger partial charge in [0.25, 0.3) is 5.56 Å². The van der Waals surface area contributed by atoms with Gasteiger partial charge in [-0.05, 0) is 39.0 Å². The van der Waals surface area contributed by atoms with Crippen LogP contribution in [0.2, 0.25) is 0 Å². The van der Waals surface area contributed by atoms with Crippen LogP contribution in [0.15, 0.2) is 35.3 Å². The van der Waals surface area contributed by atoms with Crippen molar-refractivity contribution in [3.8, 4) is 17.0 Å². The number of carbonyl (C=O) groups excluding carboxylic acids is 1. The fourth-order valence-electron chi connectivity index (χ4n) is 3.36. The van der Waals surface area contributed by atoms with Gasteiger partial charge in [-0.3, -0.25) is 14.2 Å². The molecule has 2 N–H and O–H groups in total. The molecule has 0 atom stereocenters. The maximum Gasteiger partial charge on any atom is 0.419 e. The molecule has 0 saturated carbocycles. The fourth-order valence-corrected chi connectivity index (χ4v) is 3.36. The first kappa shape index (κ1) is 21.4. The van der Waals surface area contributed by atoms with Gasteiger partial charge in [-0.1, -0.05) is 0 Å². The van der Waals surface area contributed by atoms with Crippen LogP contribution in [0.3, 0.4) is 0 Å². The van der Waals surface area contributed by atoms with Crippen LogP contribution in [-0.4, -0.2) is 26.0 Å². The summed E-state index contributed by atoms with van der Waals surface area (Å²) in [5.74, 6) is -2.19. The number of hydrogen-bond acceptors (Lipinski definition) is 3. The molecule has 1 amide bonds. The molecule has 160 valence electrons. The molecule has 0 aliphatic heterocycles. The average molecular weight is 425 g/mol. The largest absolute Gasteiger partial charge is 0.506 e. The number of nitrogens with zero attached hydrogens (tertiary/aromatic N) is 2. The van der Waals surface area contributed by atoms with E-state index in [4.69, 9.17) is 0 Å². The van der Waals surface area contributed by atoms with E-state index in [1.807, 2.05) is 0 Å². The molecule has 0 bridgehead atoms. The molecule has 0 saturated heterocycles. The minimum Gasteiger partial charge on any atom is -0.506 e. The molecule has 10 heteroatoms. The Balaban J connectivity index is 2.32. The lowest BCUT2D eigenvalue weighted by Gasteiger charge is -2.19. The van der Waals surface area contributed by atoms with E-state index in [0.717, 1.165) is 10.6 Å². The van der Waals surface area contributed by atoms with Crippen molar-refractivity contribution in [3.63, 3.8) is 0 Å². The van der Waals surface area contributed by atoms with E-state index in [1.165, 1.54) is 23.6 Å². The fraction of sp³-hybridized carbons (Fsp3) is 0.300. The summed E-state index contributed by atoms with van der Waals surface area (Å²) in [5.41, 5.74) is -1.92. The van der Waals surface area contributed by atoms with Crippen LogP contribution in [0.1, 0.15) is 25.1 Å². The van der Waals surface area contributed by atoms with Gasteiger partial charge in [-0.25, -0.2) is 4.39 Å². The lowest BCUT2D eigenvalue weighted by atomic mass is 10.0. The number of amides is 1. The van der Waals surface area contributed by atoms with E-state index in [1.54, 1.807) is 13.8 Å². The summed E-state index contributed by atoms with van der Waals surface area (Å²) in [6.07, 6.45) is -3.70. The molecule has 3 aromatic rings. The van der Waals surface area contributed by atoms with E-state index in [2.05, 4.69) is 5.32 Å². The second-order valence-corrected chi connectivity index (χ2v) is 7.19. The molecule has 0 aliphatic carbocycles. The zero-order valence-electron chi connectivity index (χ0n) is 16.3. The smallest absolute Gasteiger partial charge is 0.419 e. The highest BCUT2D eigenvalue weighted by atomic mass is 19.4. The Morgan fingerprint density at radius 1 is 1.23 bits per heavy atom. The van der Waals surface area contributed by atoms with Crippen LogP contribution in [0, 0.1) is 12.7 Å². The number of aromatic nitrogens is 2. The lowest BCUT2D eigenvalue weighted by molar-refractivity contribution is -0.140. The van der Waals surface area contributed by atoms with E-state index < -0.39 is 35.6 Å². The van der Waals surface area contributed by atoms with Crippen LogP contribution in [0.5, 0.6) is 5.75 Å². The minimum absolute atomic E-state index is 0.00695. The van der Waals surface area contributed by atoms with Gasteiger partial charge in [0.15, 0.2) is 0 Å². The van der Waals surface area contributed by atoms with Crippen LogP contribution in [-0.2, 0) is 17.5 Å². The summed E-state index contributed by atoms with van der Waals surface area (Å²) in [6, 6.07) is 3.35. The highest BCUT2D eigenvalue weighted by Gasteiger charge is 2.34. The van der Waals surface area contributed by atoms with Crippen molar-refractivity contribution < 1.29 is 27.5 Å². The van der Waals surface area contributed by atoms with Crippen molar-refractivity contribution in [2.75, 3.05) is 0 Å². The van der Waals surface area contributed by atoms with Gasteiger partial charge < -0.3 is 14.8 Å². The number of nitrogens with one attached hydrogen (secondary N) is 1. The van der Waals surface area contributed by atoms with Gasteiger partial charge in [0.2, 0.25) is 5.91 Å². The molecule has 0 unspecified atom stereocenters. The van der Waals surface area contributed by atoms with Crippen molar-refractivity contribution >= 4 is 11.4 Å². The average Bonchev–Trinajstić information content (AvgIpc) is 3.01. The van der Waals surface area contributed by atoms with Crippen molar-refractivity contribution in [2.45, 2.75) is 39.5 Å². The Kier molecular flexibility index (Phi) is 5.36. The van der Waals surface area contributed by atoms with E-state index in [9.17, 15) is 32.3 Å². The molecule has 3 rings (SSSR count). The molecule has 0 fully saturated rings. The molecule has 1 aromatic carbocycles. The first-order valence-corrected chi connectivity index (χ1v) is 9.01. The quantitative estimate of drug-likeness (QED) is 0.629. The van der Waals surface area contributed by atoms with E-state index in [-0.39, 0.29) is 28.6 Å². The number of aryl methyl sites for hydroxylation is 1. The number of rotatable bonds is 4. The van der Waals surface area contributed by atoms with Gasteiger partial charge in [0, 0.05) is 23.4 Å². The summed E-state index contributed by atoms with van der Waals surface area (Å²) in [6.45, 7) is 4.50. The molecule has 6 nitrogen and oxygen atoms in total. The maximum atomic E-state index is 13.8. The highest BCUT2D eigenvalue weighted by molar-refractivity contribution is 5.78. The molecule has 30 heavy (non-hydrogen) atoms. The monoisotopic (exact) mass is 425 g/mol. The van der Waals surface area contributed by atoms with Crippen molar-refractivity contribution in [1.82, 2.24) is 14.3 Å². The standard InChI is InChI=1S/C20H19F4N3O3/c1-10(2)25-17(29)9-27-18(11(3)26-8-13(28)7-16(26)19(27)30)12-4-5-15(21)14(6-12)20(22,23)24/h4-8,10,28H,9H2,1-3H3,(H,25,29). The van der Waals surface area contributed by atoms with E-state index in [0.29, 0.717) is 17.8 Å². The molecule has 2 aromatic heterocycles. The predicted octanol–water partition coefficient (Wildman–Crippen LogP) is 3.46. The number of halogens is 4. The Morgan fingerprint density at radius 2 is 1.90 bits per heavy atom. The molecule has 0 radical (unpaired) electrons. The summed E-state index contributed by atoms with van der Waals surface area (Å²) < 4.78 is 55.8. The third-order valence-corrected chi connectivity index (χ3v) is 4.54. The summed E-state index contributed by atoms with van der Waals surface area (Å²) in [4.78, 5) is 25.3. The van der Waals surface area contributed by atoms with Gasteiger partial charge >= 0.3 is 6.18 Å². The molecular weight excluding hydrogens is 406 g/mol. The van der Waals surface area contributed by atoms with Crippen LogP contribution in [0.25, 0.3) is 16.8 Å². The Labute approximate surface area is 168 Å². The number of alkyl halides is 3. The third kappa shape index (κ3) is 3.89. The third-order valence-electron chi connectivity index (χ3n) is 4.54. The van der Waals surface area contributed by atoms with Crippen molar-refractivity contribution in [3.05, 3.63) is 57.9 Å². The zero-order chi connectivity index (χ0) is 22.4. The van der Waals surface area contributed by atoms with Crippen molar-refractivity contribution in [2.24, 2.45) is 0 Å². The second-order valence-electron chi connectivity index (χ2n) is 7.19. The Morgan fingerprint density at radius 3 is 2.50 bits per heavy atom. The number of hydrogen-bond donors (Lipinski definition) is 2. The second kappa shape index (κ2) is 7.51. The topological polar surface area (TPSA) is 75.7 Å². The predicted molar refractivity (Wildman–Crippen MR) is 102 cm³/mol. The highest BCUT2D eigenvalue weighted by Crippen LogP contribution is 2.35.